The third-order valence-corrected chi connectivity index (χ3v) is 2.04. The van der Waals surface area contributed by atoms with Crippen LogP contribution in [0.1, 0.15) is 12.6 Å². The van der Waals surface area contributed by atoms with Crippen molar-refractivity contribution >= 4 is 17.3 Å². The number of alkyl halides is 3. The molecule has 0 radical (unpaired) electrons. The van der Waals surface area contributed by atoms with E-state index in [1.165, 1.54) is 0 Å². The minimum atomic E-state index is -4.55. The highest BCUT2D eigenvalue weighted by atomic mass is 19.4. The molecule has 1 heterocycles. The van der Waals surface area contributed by atoms with Crippen LogP contribution >= 0.6 is 0 Å². The summed E-state index contributed by atoms with van der Waals surface area (Å²) in [6, 6.07) is 0.772. The minimum Gasteiger partial charge on any atom is -0.396 e. The van der Waals surface area contributed by atoms with Gasteiger partial charge in [-0.25, -0.2) is 4.98 Å². The van der Waals surface area contributed by atoms with Crippen molar-refractivity contribution in [3.63, 3.8) is 0 Å². The Morgan fingerprint density at radius 2 is 2.17 bits per heavy atom. The van der Waals surface area contributed by atoms with Crippen molar-refractivity contribution in [3.8, 4) is 0 Å². The van der Waals surface area contributed by atoms with Gasteiger partial charge >= 0.3 is 6.18 Å². The molecule has 1 aromatic heterocycles. The number of nitrogens with zero attached hydrogens (tertiary/aromatic N) is 1. The lowest BCUT2D eigenvalue weighted by atomic mass is 10.2. The quantitative estimate of drug-likeness (QED) is 0.762. The predicted octanol–water partition coefficient (Wildman–Crippen LogP) is 1.23. The molecule has 0 saturated carbocycles. The third-order valence-electron chi connectivity index (χ3n) is 2.04. The summed E-state index contributed by atoms with van der Waals surface area (Å²) in [5, 5.41) is 5.03. The molecule has 100 valence electrons. The minimum absolute atomic E-state index is 0.0311. The van der Waals surface area contributed by atoms with Crippen LogP contribution in [0.4, 0.5) is 24.5 Å². The number of nitrogens with one attached hydrogen (secondary N) is 2. The fourth-order valence-corrected chi connectivity index (χ4v) is 1.21. The molecule has 0 atom stereocenters. The molecule has 0 bridgehead atoms. The maximum absolute atomic E-state index is 12.4. The Bertz CT molecular complexity index is 434. The van der Waals surface area contributed by atoms with Gasteiger partial charge in [0, 0.05) is 6.54 Å². The van der Waals surface area contributed by atoms with Gasteiger partial charge in [-0.05, 0) is 13.0 Å². The van der Waals surface area contributed by atoms with E-state index in [4.69, 9.17) is 5.73 Å². The van der Waals surface area contributed by atoms with E-state index in [-0.39, 0.29) is 23.8 Å². The molecule has 0 aromatic carbocycles. The number of nitrogen functional groups attached to an aromatic ring is 1. The predicted molar refractivity (Wildman–Crippen MR) is 60.8 cm³/mol. The molecular weight excluding hydrogens is 249 g/mol. The zero-order chi connectivity index (χ0) is 13.8. The number of halogens is 3. The van der Waals surface area contributed by atoms with Crippen LogP contribution in [-0.4, -0.2) is 24.0 Å². The van der Waals surface area contributed by atoms with E-state index < -0.39 is 11.9 Å². The molecule has 18 heavy (non-hydrogen) atoms. The van der Waals surface area contributed by atoms with Crippen LogP contribution in [0.5, 0.6) is 0 Å². The second-order valence-corrected chi connectivity index (χ2v) is 3.46. The Balaban J connectivity index is 2.79. The van der Waals surface area contributed by atoms with E-state index in [9.17, 15) is 18.0 Å². The SMILES string of the molecule is CCNC(=O)CNc1cc(C(F)(F)F)ncc1N. The molecule has 0 unspecified atom stereocenters. The molecule has 5 nitrogen and oxygen atoms in total. The molecule has 4 N–H and O–H groups in total. The number of rotatable bonds is 4. The summed E-state index contributed by atoms with van der Waals surface area (Å²) in [4.78, 5) is 14.3. The standard InChI is InChI=1S/C10H13F3N4O/c1-2-15-9(18)5-16-7-3-8(10(11,12)13)17-4-6(7)14/h3-4H,2,5,14H2,1H3,(H,15,18)(H,16,17). The number of nitrogens with two attached hydrogens (primary N) is 1. The van der Waals surface area contributed by atoms with Gasteiger partial charge in [-0.2, -0.15) is 13.2 Å². The fraction of sp³-hybridized carbons (Fsp3) is 0.400. The normalized spacial score (nSPS) is 11.1. The lowest BCUT2D eigenvalue weighted by Gasteiger charge is -2.12. The average molecular weight is 262 g/mol. The van der Waals surface area contributed by atoms with E-state index in [0.717, 1.165) is 12.3 Å². The van der Waals surface area contributed by atoms with E-state index in [2.05, 4.69) is 15.6 Å². The first-order chi connectivity index (χ1) is 8.34. The van der Waals surface area contributed by atoms with Crippen LogP contribution in [0.3, 0.4) is 0 Å². The van der Waals surface area contributed by atoms with Crippen LogP contribution < -0.4 is 16.4 Å². The van der Waals surface area contributed by atoms with Gasteiger partial charge < -0.3 is 16.4 Å². The molecule has 1 aromatic rings. The van der Waals surface area contributed by atoms with Crippen LogP contribution in [0.15, 0.2) is 12.3 Å². The lowest BCUT2D eigenvalue weighted by Crippen LogP contribution is -2.29. The molecule has 0 spiro atoms. The number of likely N-dealkylation sites (N-methyl/N-ethyl adjacent to an activating group) is 1. The molecule has 0 saturated heterocycles. The van der Waals surface area contributed by atoms with Crippen LogP contribution in [0.25, 0.3) is 0 Å². The van der Waals surface area contributed by atoms with Crippen LogP contribution in [0.2, 0.25) is 0 Å². The highest BCUT2D eigenvalue weighted by Crippen LogP contribution is 2.30. The first-order valence-electron chi connectivity index (χ1n) is 5.18. The van der Waals surface area contributed by atoms with Crippen molar-refractivity contribution in [2.45, 2.75) is 13.1 Å². The number of carbonyl (C=O) groups excluding carboxylic acids is 1. The van der Waals surface area contributed by atoms with Gasteiger partial charge in [0.25, 0.3) is 0 Å². The topological polar surface area (TPSA) is 80.0 Å². The van der Waals surface area contributed by atoms with Crippen LogP contribution in [0, 0.1) is 0 Å². The zero-order valence-electron chi connectivity index (χ0n) is 9.64. The monoisotopic (exact) mass is 262 g/mol. The molecular formula is C10H13F3N4O. The smallest absolute Gasteiger partial charge is 0.396 e. The Morgan fingerprint density at radius 3 is 2.72 bits per heavy atom. The summed E-state index contributed by atoms with van der Waals surface area (Å²) < 4.78 is 37.2. The molecule has 0 aliphatic heterocycles. The van der Waals surface area contributed by atoms with Crippen molar-refractivity contribution in [2.75, 3.05) is 24.1 Å². The summed E-state index contributed by atoms with van der Waals surface area (Å²) >= 11 is 0. The number of hydrogen-bond acceptors (Lipinski definition) is 4. The number of anilines is 2. The van der Waals surface area contributed by atoms with Crippen molar-refractivity contribution in [3.05, 3.63) is 18.0 Å². The van der Waals surface area contributed by atoms with E-state index >= 15 is 0 Å². The number of pyridine rings is 1. The summed E-state index contributed by atoms with van der Waals surface area (Å²) in [5.74, 6) is -0.331. The molecule has 0 fully saturated rings. The maximum Gasteiger partial charge on any atom is 0.433 e. The summed E-state index contributed by atoms with van der Waals surface area (Å²) in [5.41, 5.74) is 4.49. The number of amides is 1. The van der Waals surface area contributed by atoms with Crippen molar-refractivity contribution in [1.29, 1.82) is 0 Å². The van der Waals surface area contributed by atoms with Gasteiger partial charge in [-0.15, -0.1) is 0 Å². The van der Waals surface area contributed by atoms with Crippen molar-refractivity contribution < 1.29 is 18.0 Å². The maximum atomic E-state index is 12.4. The second-order valence-electron chi connectivity index (χ2n) is 3.46. The largest absolute Gasteiger partial charge is 0.433 e. The van der Waals surface area contributed by atoms with Gasteiger partial charge in [0.1, 0.15) is 5.69 Å². The first-order valence-corrected chi connectivity index (χ1v) is 5.18. The molecule has 0 aliphatic carbocycles. The van der Waals surface area contributed by atoms with E-state index in [1.54, 1.807) is 6.92 Å². The number of aromatic nitrogens is 1. The number of hydrogen-bond donors (Lipinski definition) is 3. The Labute approximate surface area is 102 Å². The Morgan fingerprint density at radius 1 is 1.50 bits per heavy atom. The van der Waals surface area contributed by atoms with Gasteiger partial charge in [0.05, 0.1) is 24.1 Å². The Hall–Kier alpha value is -1.99. The number of carbonyl (C=O) groups is 1. The second kappa shape index (κ2) is 5.56. The van der Waals surface area contributed by atoms with Crippen LogP contribution in [-0.2, 0) is 11.0 Å². The molecule has 1 rings (SSSR count). The van der Waals surface area contributed by atoms with E-state index in [1.807, 2.05) is 0 Å². The molecule has 8 heteroatoms. The van der Waals surface area contributed by atoms with Gasteiger partial charge in [0.15, 0.2) is 0 Å². The highest BCUT2D eigenvalue weighted by Gasteiger charge is 2.32. The fourth-order valence-electron chi connectivity index (χ4n) is 1.21. The highest BCUT2D eigenvalue weighted by molar-refractivity contribution is 5.82. The van der Waals surface area contributed by atoms with Gasteiger partial charge in [0.2, 0.25) is 5.91 Å². The average Bonchev–Trinajstić information content (AvgIpc) is 2.26. The van der Waals surface area contributed by atoms with Gasteiger partial charge in [-0.1, -0.05) is 0 Å². The third kappa shape index (κ3) is 3.79. The summed E-state index contributed by atoms with van der Waals surface area (Å²) in [7, 11) is 0. The van der Waals surface area contributed by atoms with Crippen molar-refractivity contribution in [1.82, 2.24) is 10.3 Å². The summed E-state index contributed by atoms with van der Waals surface area (Å²) in [6.45, 7) is 2.03. The van der Waals surface area contributed by atoms with E-state index in [0.29, 0.717) is 6.54 Å². The lowest BCUT2D eigenvalue weighted by molar-refractivity contribution is -0.141. The van der Waals surface area contributed by atoms with Crippen molar-refractivity contribution in [2.24, 2.45) is 0 Å². The molecule has 0 aliphatic rings. The van der Waals surface area contributed by atoms with Gasteiger partial charge in [-0.3, -0.25) is 4.79 Å². The summed E-state index contributed by atoms with van der Waals surface area (Å²) in [6.07, 6.45) is -3.64. The zero-order valence-corrected chi connectivity index (χ0v) is 9.64. The Kier molecular flexibility index (Phi) is 4.35. The first kappa shape index (κ1) is 14.1. The molecule has 1 amide bonds.